The summed E-state index contributed by atoms with van der Waals surface area (Å²) in [5, 5.41) is 0.744. The van der Waals surface area contributed by atoms with Crippen molar-refractivity contribution in [2.45, 2.75) is 17.9 Å². The van der Waals surface area contributed by atoms with Gasteiger partial charge in [0, 0.05) is 10.7 Å². The fraction of sp³-hybridized carbons (Fsp3) is 0.364. The minimum absolute atomic E-state index is 0.0569. The molecule has 15 heteroatoms. The van der Waals surface area contributed by atoms with Gasteiger partial charge in [-0.05, 0) is 79.9 Å². The van der Waals surface area contributed by atoms with Crippen LogP contribution in [0, 0.1) is 10.7 Å². The molecule has 26 heavy (non-hydrogen) atoms. The molecule has 1 rings (SSSR count). The zero-order valence-electron chi connectivity index (χ0n) is 11.8. The van der Waals surface area contributed by atoms with E-state index in [9.17, 15) is 39.6 Å². The van der Waals surface area contributed by atoms with Crippen LogP contribution in [-0.4, -0.2) is 42.5 Å². The van der Waals surface area contributed by atoms with Crippen molar-refractivity contribution in [3.05, 3.63) is 28.4 Å². The number of carbonyl (C=O) groups excluding carboxylic acids is 1. The Morgan fingerprint density at radius 1 is 1.00 bits per heavy atom. The van der Waals surface area contributed by atoms with Crippen LogP contribution in [0.15, 0.2) is 12.1 Å². The maximum absolute atomic E-state index is 13.2. The zero-order chi connectivity index (χ0) is 20.7. The summed E-state index contributed by atoms with van der Waals surface area (Å²) in [6.07, 6.45) is -12.5. The molecule has 0 saturated carbocycles. The van der Waals surface area contributed by atoms with Gasteiger partial charge >= 0.3 is 12.4 Å². The number of nitrogens with one attached hydrogen (secondary N) is 1. The summed E-state index contributed by atoms with van der Waals surface area (Å²) in [6.45, 7) is 0. The maximum atomic E-state index is 13.2. The normalized spacial score (nSPS) is 13.6. The topological polar surface area (TPSA) is 83.5 Å². The van der Waals surface area contributed by atoms with Gasteiger partial charge in [-0.2, -0.15) is 34.8 Å². The Labute approximate surface area is 183 Å². The first kappa shape index (κ1) is 24.4. The Kier molecular flexibility index (Phi) is 7.52. The molecular weight excluding hydrogens is 737 g/mol. The van der Waals surface area contributed by atoms with Gasteiger partial charge in [0.2, 0.25) is 5.54 Å². The van der Waals surface area contributed by atoms with E-state index in [0.717, 1.165) is 5.32 Å². The van der Waals surface area contributed by atoms with Crippen LogP contribution in [0.25, 0.3) is 0 Å². The first-order chi connectivity index (χ1) is 11.4. The summed E-state index contributed by atoms with van der Waals surface area (Å²) in [6, 6.07) is 2.67. The highest BCUT2D eigenvalue weighted by atomic mass is 127. The average molecular weight is 743 g/mol. The van der Waals surface area contributed by atoms with Crippen LogP contribution in [-0.2, 0) is 10.1 Å². The molecule has 5 nitrogen and oxygen atoms in total. The van der Waals surface area contributed by atoms with Crippen molar-refractivity contribution in [3.8, 4) is 0 Å². The molecule has 0 saturated heterocycles. The molecule has 0 aliphatic carbocycles. The van der Waals surface area contributed by atoms with Gasteiger partial charge in [-0.15, -0.1) is 0 Å². The molecule has 0 radical (unpaired) electrons. The second-order valence-electron chi connectivity index (χ2n) is 4.83. The van der Waals surface area contributed by atoms with Crippen LogP contribution >= 0.6 is 67.8 Å². The van der Waals surface area contributed by atoms with Crippen LogP contribution in [0.2, 0.25) is 0 Å². The fourth-order valence-corrected chi connectivity index (χ4v) is 6.81. The van der Waals surface area contributed by atoms with E-state index in [4.69, 9.17) is 4.55 Å². The highest BCUT2D eigenvalue weighted by molar-refractivity contribution is 14.1. The third kappa shape index (κ3) is 5.46. The van der Waals surface area contributed by atoms with Gasteiger partial charge in [0.25, 0.3) is 16.0 Å². The van der Waals surface area contributed by atoms with E-state index in [1.807, 2.05) is 22.6 Å². The minimum Gasteiger partial charge on any atom is -0.329 e. The Hall–Kier alpha value is 0.370. The monoisotopic (exact) mass is 743 g/mol. The van der Waals surface area contributed by atoms with E-state index in [0.29, 0.717) is 3.57 Å². The smallest absolute Gasteiger partial charge is 0.329 e. The van der Waals surface area contributed by atoms with Crippen molar-refractivity contribution in [1.82, 2.24) is 5.32 Å². The Balaban J connectivity index is 3.59. The number of carbonyl (C=O) groups is 1. The largest absolute Gasteiger partial charge is 0.421 e. The molecule has 0 aliphatic heterocycles. The Morgan fingerprint density at radius 2 is 1.38 bits per heavy atom. The van der Waals surface area contributed by atoms with Crippen LogP contribution in [0.4, 0.5) is 26.3 Å². The third-order valence-electron chi connectivity index (χ3n) is 2.93. The fourth-order valence-electron chi connectivity index (χ4n) is 1.79. The number of halogens is 9. The van der Waals surface area contributed by atoms with Crippen LogP contribution in [0.3, 0.4) is 0 Å². The molecule has 2 N–H and O–H groups in total. The Bertz CT molecular complexity index is 787. The number of alkyl halides is 6. The van der Waals surface area contributed by atoms with Crippen molar-refractivity contribution in [2.24, 2.45) is 0 Å². The van der Waals surface area contributed by atoms with Crippen LogP contribution in [0.5, 0.6) is 0 Å². The molecule has 1 amide bonds. The molecule has 0 bridgehead atoms. The zero-order valence-corrected chi connectivity index (χ0v) is 19.1. The quantitative estimate of drug-likeness (QED) is 0.278. The van der Waals surface area contributed by atoms with E-state index >= 15 is 0 Å². The molecule has 0 aliphatic rings. The average Bonchev–Trinajstić information content (AvgIpc) is 2.31. The van der Waals surface area contributed by atoms with Crippen molar-refractivity contribution in [3.63, 3.8) is 0 Å². The van der Waals surface area contributed by atoms with E-state index in [2.05, 4.69) is 0 Å². The number of benzene rings is 1. The van der Waals surface area contributed by atoms with Crippen LogP contribution in [0.1, 0.15) is 10.4 Å². The second-order valence-corrected chi connectivity index (χ2v) is 9.85. The molecule has 0 atom stereocenters. The van der Waals surface area contributed by atoms with E-state index in [1.54, 1.807) is 45.2 Å². The molecule has 0 aromatic heterocycles. The van der Waals surface area contributed by atoms with Gasteiger partial charge < -0.3 is 5.32 Å². The predicted molar refractivity (Wildman–Crippen MR) is 103 cm³/mol. The molecule has 1 aromatic rings. The maximum Gasteiger partial charge on any atom is 0.421 e. The second kappa shape index (κ2) is 8.01. The molecule has 1 aromatic carbocycles. The molecule has 148 valence electrons. The molecular formula is C11H6F6I3NO4S. The lowest BCUT2D eigenvalue weighted by molar-refractivity contribution is -0.296. The first-order valence-corrected chi connectivity index (χ1v) is 10.8. The summed E-state index contributed by atoms with van der Waals surface area (Å²) in [7, 11) is -5.76. The molecule has 0 fully saturated rings. The highest BCUT2D eigenvalue weighted by Gasteiger charge is 2.73. The standard InChI is InChI=1S/C11H6F6I3NO4S/c12-10(13,14)9(11(15,16)17,3-26(23,24)25)21-8(22)7-5(19)1-4(18)2-6(7)20/h1-2H,3H2,(H,21,22)(H,23,24,25). The minimum atomic E-state index is -6.25. The van der Waals surface area contributed by atoms with Crippen molar-refractivity contribution >= 4 is 83.8 Å². The third-order valence-corrected chi connectivity index (χ3v) is 6.05. The molecule has 0 spiro atoms. The predicted octanol–water partition coefficient (Wildman–Crippen LogP) is 3.98. The number of hydrogen-bond acceptors (Lipinski definition) is 3. The summed E-state index contributed by atoms with van der Waals surface area (Å²) in [5.41, 5.74) is -5.67. The highest BCUT2D eigenvalue weighted by Crippen LogP contribution is 2.44. The summed E-state index contributed by atoms with van der Waals surface area (Å²) in [5.74, 6) is -4.59. The van der Waals surface area contributed by atoms with Gasteiger partial charge in [-0.3, -0.25) is 9.35 Å². The van der Waals surface area contributed by atoms with E-state index in [-0.39, 0.29) is 7.14 Å². The van der Waals surface area contributed by atoms with Gasteiger partial charge in [0.05, 0.1) is 5.56 Å². The molecule has 0 unspecified atom stereocenters. The van der Waals surface area contributed by atoms with Crippen molar-refractivity contribution in [1.29, 1.82) is 0 Å². The van der Waals surface area contributed by atoms with Gasteiger partial charge in [-0.25, -0.2) is 0 Å². The lowest BCUT2D eigenvalue weighted by Crippen LogP contribution is -2.70. The van der Waals surface area contributed by atoms with Crippen molar-refractivity contribution in [2.75, 3.05) is 5.75 Å². The van der Waals surface area contributed by atoms with Crippen molar-refractivity contribution < 1.29 is 44.1 Å². The van der Waals surface area contributed by atoms with Crippen LogP contribution < -0.4 is 5.32 Å². The van der Waals surface area contributed by atoms with Gasteiger partial charge in [0.15, 0.2) is 0 Å². The lowest BCUT2D eigenvalue weighted by Gasteiger charge is -2.37. The first-order valence-electron chi connectivity index (χ1n) is 5.97. The summed E-state index contributed by atoms with van der Waals surface area (Å²) < 4.78 is 110. The lowest BCUT2D eigenvalue weighted by atomic mass is 9.99. The Morgan fingerprint density at radius 3 is 1.69 bits per heavy atom. The summed E-state index contributed by atoms with van der Waals surface area (Å²) in [4.78, 5) is 12.2. The van der Waals surface area contributed by atoms with E-state index in [1.165, 1.54) is 12.1 Å². The number of hydrogen-bond donors (Lipinski definition) is 2. The summed E-state index contributed by atoms with van der Waals surface area (Å²) >= 11 is 4.93. The number of amides is 1. The number of rotatable bonds is 4. The van der Waals surface area contributed by atoms with Gasteiger partial charge in [-0.1, -0.05) is 0 Å². The van der Waals surface area contributed by atoms with E-state index < -0.39 is 45.2 Å². The molecule has 0 heterocycles. The SMILES string of the molecule is O=C(NC(CS(=O)(=O)O)(C(F)(F)F)C(F)(F)F)c1c(I)cc(I)cc1I. The van der Waals surface area contributed by atoms with Gasteiger partial charge in [0.1, 0.15) is 5.75 Å².